The first-order chi connectivity index (χ1) is 8.19. The summed E-state index contributed by atoms with van der Waals surface area (Å²) in [6, 6.07) is 0. The smallest absolute Gasteiger partial charge is 0.0724 e. The van der Waals surface area contributed by atoms with Crippen LogP contribution in [-0.4, -0.2) is 44.3 Å². The highest BCUT2D eigenvalue weighted by Gasteiger charge is 2.36. The van der Waals surface area contributed by atoms with Gasteiger partial charge in [0.25, 0.3) is 0 Å². The molecule has 0 spiro atoms. The van der Waals surface area contributed by atoms with Crippen molar-refractivity contribution < 1.29 is 4.74 Å². The number of hydrogen-bond acceptors (Lipinski definition) is 3. The van der Waals surface area contributed by atoms with Gasteiger partial charge in [-0.05, 0) is 43.7 Å². The minimum absolute atomic E-state index is 0.416. The summed E-state index contributed by atoms with van der Waals surface area (Å²) in [5.74, 6) is 0.702. The van der Waals surface area contributed by atoms with E-state index < -0.39 is 0 Å². The predicted octanol–water partition coefficient (Wildman–Crippen LogP) is 1.86. The van der Waals surface area contributed by atoms with E-state index >= 15 is 0 Å². The first-order valence-corrected chi connectivity index (χ1v) is 7.14. The first-order valence-electron chi connectivity index (χ1n) is 7.14. The van der Waals surface area contributed by atoms with Crippen molar-refractivity contribution in [2.75, 3.05) is 33.3 Å². The van der Waals surface area contributed by atoms with Gasteiger partial charge in [-0.1, -0.05) is 19.8 Å². The summed E-state index contributed by atoms with van der Waals surface area (Å²) in [6.07, 6.45) is 7.07. The molecule has 3 nitrogen and oxygen atoms in total. The van der Waals surface area contributed by atoms with Crippen molar-refractivity contribution in [1.82, 2.24) is 4.90 Å². The third kappa shape index (κ3) is 3.01. The molecule has 1 saturated carbocycles. The Bertz CT molecular complexity index is 238. The molecule has 1 heterocycles. The summed E-state index contributed by atoms with van der Waals surface area (Å²) in [7, 11) is 1.85. The molecule has 2 aliphatic rings. The number of hydrogen-bond donors (Lipinski definition) is 1. The van der Waals surface area contributed by atoms with E-state index in [1.165, 1.54) is 45.2 Å². The number of nitrogens with zero attached hydrogens (tertiary/aromatic N) is 1. The Hall–Kier alpha value is -0.120. The second-order valence-electron chi connectivity index (χ2n) is 6.19. The van der Waals surface area contributed by atoms with Gasteiger partial charge >= 0.3 is 0 Å². The van der Waals surface area contributed by atoms with E-state index in [-0.39, 0.29) is 0 Å². The highest BCUT2D eigenvalue weighted by molar-refractivity contribution is 4.90. The molecule has 2 atom stereocenters. The molecule has 0 aromatic rings. The average Bonchev–Trinajstić information content (AvgIpc) is 2.81. The highest BCUT2D eigenvalue weighted by Crippen LogP contribution is 2.38. The van der Waals surface area contributed by atoms with Crippen molar-refractivity contribution in [2.45, 2.75) is 45.1 Å². The molecule has 1 saturated heterocycles. The fraction of sp³-hybridized carbons (Fsp3) is 1.00. The molecule has 2 N–H and O–H groups in total. The topological polar surface area (TPSA) is 38.5 Å². The van der Waals surface area contributed by atoms with Crippen LogP contribution >= 0.6 is 0 Å². The van der Waals surface area contributed by atoms with Gasteiger partial charge in [-0.2, -0.15) is 0 Å². The van der Waals surface area contributed by atoms with E-state index in [0.717, 1.165) is 13.1 Å². The quantitative estimate of drug-likeness (QED) is 0.815. The molecular formula is C14H28N2O. The number of likely N-dealkylation sites (tertiary alicyclic amines) is 1. The number of piperidine rings is 1. The Morgan fingerprint density at radius 2 is 2.06 bits per heavy atom. The number of ether oxygens (including phenoxy) is 1. The Morgan fingerprint density at radius 1 is 1.35 bits per heavy atom. The summed E-state index contributed by atoms with van der Waals surface area (Å²) >= 11 is 0. The zero-order valence-corrected chi connectivity index (χ0v) is 11.5. The molecule has 0 amide bonds. The Morgan fingerprint density at radius 3 is 2.65 bits per heavy atom. The molecule has 17 heavy (non-hydrogen) atoms. The number of rotatable bonds is 4. The maximum Gasteiger partial charge on any atom is 0.0724 e. The standard InChI is InChI=1S/C14H28N2O/c1-12-5-8-16(9-13(12)17-2)11-14(10-15)6-3-4-7-14/h12-13H,3-11,15H2,1-2H3. The fourth-order valence-electron chi connectivity index (χ4n) is 3.57. The van der Waals surface area contributed by atoms with Crippen LogP contribution in [0.5, 0.6) is 0 Å². The summed E-state index contributed by atoms with van der Waals surface area (Å²) in [4.78, 5) is 2.59. The fourth-order valence-corrected chi connectivity index (χ4v) is 3.57. The molecular weight excluding hydrogens is 212 g/mol. The van der Waals surface area contributed by atoms with Gasteiger partial charge in [0.1, 0.15) is 0 Å². The molecule has 0 bridgehead atoms. The molecule has 1 aliphatic carbocycles. The molecule has 2 fully saturated rings. The van der Waals surface area contributed by atoms with Gasteiger partial charge in [0.15, 0.2) is 0 Å². The van der Waals surface area contributed by atoms with Crippen LogP contribution in [0.4, 0.5) is 0 Å². The van der Waals surface area contributed by atoms with E-state index in [9.17, 15) is 0 Å². The normalized spacial score (nSPS) is 34.1. The van der Waals surface area contributed by atoms with Gasteiger partial charge in [-0.3, -0.25) is 0 Å². The molecule has 3 heteroatoms. The van der Waals surface area contributed by atoms with Gasteiger partial charge in [0, 0.05) is 20.2 Å². The summed E-state index contributed by atoms with van der Waals surface area (Å²) < 4.78 is 5.59. The predicted molar refractivity (Wildman–Crippen MR) is 71.0 cm³/mol. The lowest BCUT2D eigenvalue weighted by atomic mass is 9.84. The highest BCUT2D eigenvalue weighted by atomic mass is 16.5. The van der Waals surface area contributed by atoms with E-state index in [1.54, 1.807) is 0 Å². The zero-order valence-electron chi connectivity index (χ0n) is 11.5. The van der Waals surface area contributed by atoms with Crippen molar-refractivity contribution in [3.05, 3.63) is 0 Å². The molecule has 1 aliphatic heterocycles. The lowest BCUT2D eigenvalue weighted by Crippen LogP contribution is -2.49. The second-order valence-corrected chi connectivity index (χ2v) is 6.19. The largest absolute Gasteiger partial charge is 0.380 e. The van der Waals surface area contributed by atoms with Crippen molar-refractivity contribution in [3.8, 4) is 0 Å². The Kier molecular flexibility index (Phi) is 4.45. The Balaban J connectivity index is 1.90. The third-order valence-corrected chi connectivity index (χ3v) is 4.93. The second kappa shape index (κ2) is 5.68. The van der Waals surface area contributed by atoms with Crippen LogP contribution in [0.3, 0.4) is 0 Å². The van der Waals surface area contributed by atoms with Crippen LogP contribution in [0.2, 0.25) is 0 Å². The maximum atomic E-state index is 6.02. The van der Waals surface area contributed by atoms with E-state index in [2.05, 4.69) is 11.8 Å². The van der Waals surface area contributed by atoms with Crippen LogP contribution < -0.4 is 5.73 Å². The van der Waals surface area contributed by atoms with E-state index in [0.29, 0.717) is 17.4 Å². The summed E-state index contributed by atoms with van der Waals surface area (Å²) in [6.45, 7) is 6.68. The molecule has 0 aromatic carbocycles. The monoisotopic (exact) mass is 240 g/mol. The molecule has 0 radical (unpaired) electrons. The lowest BCUT2D eigenvalue weighted by molar-refractivity contribution is -0.0168. The minimum Gasteiger partial charge on any atom is -0.380 e. The van der Waals surface area contributed by atoms with Crippen molar-refractivity contribution in [2.24, 2.45) is 17.1 Å². The van der Waals surface area contributed by atoms with Crippen LogP contribution in [0, 0.1) is 11.3 Å². The van der Waals surface area contributed by atoms with Crippen LogP contribution in [-0.2, 0) is 4.74 Å². The van der Waals surface area contributed by atoms with Crippen molar-refractivity contribution >= 4 is 0 Å². The van der Waals surface area contributed by atoms with Crippen LogP contribution in [0.1, 0.15) is 39.0 Å². The van der Waals surface area contributed by atoms with E-state index in [1.807, 2.05) is 7.11 Å². The first kappa shape index (κ1) is 13.3. The molecule has 2 unspecified atom stereocenters. The van der Waals surface area contributed by atoms with Crippen LogP contribution in [0.15, 0.2) is 0 Å². The molecule has 2 rings (SSSR count). The van der Waals surface area contributed by atoms with Crippen molar-refractivity contribution in [1.29, 1.82) is 0 Å². The van der Waals surface area contributed by atoms with Gasteiger partial charge in [-0.15, -0.1) is 0 Å². The average molecular weight is 240 g/mol. The number of nitrogens with two attached hydrogens (primary N) is 1. The minimum atomic E-state index is 0.416. The third-order valence-electron chi connectivity index (χ3n) is 4.93. The maximum absolute atomic E-state index is 6.02. The van der Waals surface area contributed by atoms with Gasteiger partial charge in [0.05, 0.1) is 6.10 Å². The lowest BCUT2D eigenvalue weighted by Gasteiger charge is -2.41. The number of methoxy groups -OCH3 is 1. The van der Waals surface area contributed by atoms with Crippen LogP contribution in [0.25, 0.3) is 0 Å². The molecule has 100 valence electrons. The zero-order chi connectivity index (χ0) is 12.3. The van der Waals surface area contributed by atoms with E-state index in [4.69, 9.17) is 10.5 Å². The van der Waals surface area contributed by atoms with Crippen molar-refractivity contribution in [3.63, 3.8) is 0 Å². The summed E-state index contributed by atoms with van der Waals surface area (Å²) in [5.41, 5.74) is 6.44. The van der Waals surface area contributed by atoms with Gasteiger partial charge in [0.2, 0.25) is 0 Å². The van der Waals surface area contributed by atoms with Gasteiger partial charge in [-0.25, -0.2) is 0 Å². The molecule has 0 aromatic heterocycles. The van der Waals surface area contributed by atoms with Gasteiger partial charge < -0.3 is 15.4 Å². The SMILES string of the molecule is COC1CN(CC2(CN)CCCC2)CCC1C. The summed E-state index contributed by atoms with van der Waals surface area (Å²) in [5, 5.41) is 0. The Labute approximate surface area is 106 Å².